The van der Waals surface area contributed by atoms with Gasteiger partial charge in [0.15, 0.2) is 0 Å². The van der Waals surface area contributed by atoms with Crippen molar-refractivity contribution in [1.29, 1.82) is 0 Å². The van der Waals surface area contributed by atoms with Crippen molar-refractivity contribution in [3.05, 3.63) is 0 Å². The molecule has 2 atom stereocenters. The number of hydrogen-bond donors (Lipinski definition) is 1. The Morgan fingerprint density at radius 3 is 2.81 bits per heavy atom. The van der Waals surface area contributed by atoms with Crippen LogP contribution in [0.5, 0.6) is 0 Å². The van der Waals surface area contributed by atoms with E-state index in [2.05, 4.69) is 24.3 Å². The summed E-state index contributed by atoms with van der Waals surface area (Å²) in [6, 6.07) is 0.723. The summed E-state index contributed by atoms with van der Waals surface area (Å²) in [6.45, 7) is 1.39. The number of rotatable bonds is 5. The van der Waals surface area contributed by atoms with Crippen LogP contribution in [0.3, 0.4) is 0 Å². The number of likely N-dealkylation sites (N-methyl/N-ethyl adjacent to an activating group) is 1. The van der Waals surface area contributed by atoms with Crippen LogP contribution in [0, 0.1) is 0 Å². The molecule has 0 unspecified atom stereocenters. The molecule has 2 rings (SSSR count). The molecule has 2 fully saturated rings. The van der Waals surface area contributed by atoms with E-state index in [-0.39, 0.29) is 17.9 Å². The Morgan fingerprint density at radius 1 is 1.24 bits per heavy atom. The first-order valence-electron chi connectivity index (χ1n) is 8.31. The molecular weight excluding hydrogens is 266 g/mol. The van der Waals surface area contributed by atoms with Gasteiger partial charge in [-0.1, -0.05) is 6.42 Å². The van der Waals surface area contributed by atoms with Gasteiger partial charge >= 0.3 is 0 Å². The minimum Gasteiger partial charge on any atom is -0.352 e. The highest BCUT2D eigenvalue weighted by molar-refractivity contribution is 5.79. The Hall–Kier alpha value is -1.10. The van der Waals surface area contributed by atoms with Crippen LogP contribution in [-0.2, 0) is 9.59 Å². The molecule has 120 valence electrons. The van der Waals surface area contributed by atoms with E-state index in [4.69, 9.17) is 0 Å². The van der Waals surface area contributed by atoms with Crippen LogP contribution in [0.2, 0.25) is 0 Å². The highest BCUT2D eigenvalue weighted by atomic mass is 16.2. The predicted molar refractivity (Wildman–Crippen MR) is 82.9 cm³/mol. The molecule has 5 heteroatoms. The van der Waals surface area contributed by atoms with Crippen molar-refractivity contribution in [1.82, 2.24) is 15.1 Å². The van der Waals surface area contributed by atoms with E-state index < -0.39 is 0 Å². The lowest BCUT2D eigenvalue weighted by molar-refractivity contribution is -0.131. The SMILES string of the molecule is CN(C)[C@@H]1CCC[C@H]1NC(=O)CCN1CCCCCC1=O. The number of hydrogen-bond acceptors (Lipinski definition) is 3. The summed E-state index contributed by atoms with van der Waals surface area (Å²) in [5, 5.41) is 3.16. The summed E-state index contributed by atoms with van der Waals surface area (Å²) in [5.74, 6) is 0.304. The third-order valence-corrected chi connectivity index (χ3v) is 4.77. The molecule has 2 amide bonds. The highest BCUT2D eigenvalue weighted by Gasteiger charge is 2.30. The quantitative estimate of drug-likeness (QED) is 0.833. The van der Waals surface area contributed by atoms with Crippen LogP contribution in [0.15, 0.2) is 0 Å². The molecule has 1 N–H and O–H groups in total. The molecule has 1 aliphatic carbocycles. The normalized spacial score (nSPS) is 27.0. The molecule has 1 saturated heterocycles. The maximum Gasteiger partial charge on any atom is 0.222 e. The molecule has 0 bridgehead atoms. The minimum atomic E-state index is 0.0887. The highest BCUT2D eigenvalue weighted by Crippen LogP contribution is 2.22. The summed E-state index contributed by atoms with van der Waals surface area (Å²) >= 11 is 0. The lowest BCUT2D eigenvalue weighted by Crippen LogP contribution is -2.46. The van der Waals surface area contributed by atoms with E-state index in [1.54, 1.807) is 0 Å². The number of amides is 2. The van der Waals surface area contributed by atoms with Crippen molar-refractivity contribution >= 4 is 11.8 Å². The van der Waals surface area contributed by atoms with E-state index >= 15 is 0 Å². The molecule has 0 aromatic carbocycles. The number of nitrogens with one attached hydrogen (secondary N) is 1. The van der Waals surface area contributed by atoms with E-state index in [1.165, 1.54) is 6.42 Å². The van der Waals surface area contributed by atoms with Gasteiger partial charge in [0.25, 0.3) is 0 Å². The van der Waals surface area contributed by atoms with Crippen LogP contribution in [0.1, 0.15) is 51.4 Å². The number of nitrogens with zero attached hydrogens (tertiary/aromatic N) is 2. The summed E-state index contributed by atoms with van der Waals surface area (Å²) in [4.78, 5) is 28.1. The fourth-order valence-electron chi connectivity index (χ4n) is 3.52. The van der Waals surface area contributed by atoms with Gasteiger partial charge in [-0.25, -0.2) is 0 Å². The second-order valence-electron chi connectivity index (χ2n) is 6.58. The van der Waals surface area contributed by atoms with Crippen molar-refractivity contribution in [3.63, 3.8) is 0 Å². The van der Waals surface area contributed by atoms with Crippen LogP contribution >= 0.6 is 0 Å². The second-order valence-corrected chi connectivity index (χ2v) is 6.58. The van der Waals surface area contributed by atoms with Crippen molar-refractivity contribution in [2.75, 3.05) is 27.2 Å². The van der Waals surface area contributed by atoms with E-state index in [9.17, 15) is 9.59 Å². The van der Waals surface area contributed by atoms with Gasteiger partial charge in [0.2, 0.25) is 11.8 Å². The van der Waals surface area contributed by atoms with E-state index in [1.807, 2.05) is 4.90 Å². The largest absolute Gasteiger partial charge is 0.352 e. The van der Waals surface area contributed by atoms with E-state index in [0.29, 0.717) is 25.4 Å². The van der Waals surface area contributed by atoms with Crippen LogP contribution in [0.25, 0.3) is 0 Å². The molecule has 21 heavy (non-hydrogen) atoms. The topological polar surface area (TPSA) is 52.7 Å². The molecule has 0 aromatic heterocycles. The van der Waals surface area contributed by atoms with Gasteiger partial charge in [0.1, 0.15) is 0 Å². The lowest BCUT2D eigenvalue weighted by Gasteiger charge is -2.27. The average molecular weight is 295 g/mol. The molecule has 1 saturated carbocycles. The van der Waals surface area contributed by atoms with Gasteiger partial charge in [0, 0.05) is 38.0 Å². The smallest absolute Gasteiger partial charge is 0.222 e. The Bertz CT molecular complexity index is 371. The van der Waals surface area contributed by atoms with Gasteiger partial charge in [-0.3, -0.25) is 9.59 Å². The molecule has 5 nitrogen and oxygen atoms in total. The monoisotopic (exact) mass is 295 g/mol. The fourth-order valence-corrected chi connectivity index (χ4v) is 3.52. The lowest BCUT2D eigenvalue weighted by atomic mass is 10.1. The summed E-state index contributed by atoms with van der Waals surface area (Å²) in [7, 11) is 4.15. The van der Waals surface area contributed by atoms with Crippen molar-refractivity contribution in [3.8, 4) is 0 Å². The Balaban J connectivity index is 1.75. The third-order valence-electron chi connectivity index (χ3n) is 4.77. The van der Waals surface area contributed by atoms with Gasteiger partial charge in [-0.15, -0.1) is 0 Å². The van der Waals surface area contributed by atoms with Crippen molar-refractivity contribution < 1.29 is 9.59 Å². The van der Waals surface area contributed by atoms with Gasteiger partial charge in [-0.05, 0) is 46.2 Å². The minimum absolute atomic E-state index is 0.0887. The first kappa shape index (κ1) is 16.3. The number of carbonyl (C=O) groups is 2. The molecule has 0 spiro atoms. The van der Waals surface area contributed by atoms with Crippen molar-refractivity contribution in [2.45, 2.75) is 63.5 Å². The molecule has 1 aliphatic heterocycles. The van der Waals surface area contributed by atoms with Crippen LogP contribution in [0.4, 0.5) is 0 Å². The zero-order valence-electron chi connectivity index (χ0n) is 13.4. The standard InChI is InChI=1S/C16H29N3O2/c1-18(2)14-8-6-7-13(14)17-15(20)10-12-19-11-5-3-4-9-16(19)21/h13-14H,3-12H2,1-2H3,(H,17,20)/t13-,14-/m1/s1. The second kappa shape index (κ2) is 7.78. The molecule has 0 aromatic rings. The van der Waals surface area contributed by atoms with E-state index in [0.717, 1.165) is 38.6 Å². The maximum absolute atomic E-state index is 12.1. The number of likely N-dealkylation sites (tertiary alicyclic amines) is 1. The average Bonchev–Trinajstić information content (AvgIpc) is 2.80. The van der Waals surface area contributed by atoms with Gasteiger partial charge in [0.05, 0.1) is 0 Å². The Morgan fingerprint density at radius 2 is 2.05 bits per heavy atom. The number of carbonyl (C=O) groups excluding carboxylic acids is 2. The van der Waals surface area contributed by atoms with Gasteiger partial charge in [-0.2, -0.15) is 0 Å². The molecule has 0 radical (unpaired) electrons. The van der Waals surface area contributed by atoms with Crippen LogP contribution < -0.4 is 5.32 Å². The first-order chi connectivity index (χ1) is 10.1. The van der Waals surface area contributed by atoms with Gasteiger partial charge < -0.3 is 15.1 Å². The zero-order valence-corrected chi connectivity index (χ0v) is 13.4. The molecule has 2 aliphatic rings. The summed E-state index contributed by atoms with van der Waals surface area (Å²) < 4.78 is 0. The van der Waals surface area contributed by atoms with Crippen molar-refractivity contribution in [2.24, 2.45) is 0 Å². The molecule has 1 heterocycles. The predicted octanol–water partition coefficient (Wildman–Crippen LogP) is 1.38. The Labute approximate surface area is 128 Å². The van der Waals surface area contributed by atoms with Crippen LogP contribution in [-0.4, -0.2) is 60.9 Å². The first-order valence-corrected chi connectivity index (χ1v) is 8.31. The maximum atomic E-state index is 12.1. The Kier molecular flexibility index (Phi) is 6.03. The third kappa shape index (κ3) is 4.70. The molecular formula is C16H29N3O2. The summed E-state index contributed by atoms with van der Waals surface area (Å²) in [6.07, 6.45) is 7.67. The summed E-state index contributed by atoms with van der Waals surface area (Å²) in [5.41, 5.74) is 0. The fraction of sp³-hybridized carbons (Fsp3) is 0.875. The zero-order chi connectivity index (χ0) is 15.2.